The largest absolute Gasteiger partial charge is 0.419 e. The van der Waals surface area contributed by atoms with E-state index in [0.29, 0.717) is 11.1 Å². The van der Waals surface area contributed by atoms with Gasteiger partial charge in [-0.25, -0.2) is 4.39 Å². The van der Waals surface area contributed by atoms with Gasteiger partial charge in [0, 0.05) is 0 Å². The van der Waals surface area contributed by atoms with Gasteiger partial charge in [-0.3, -0.25) is 0 Å². The van der Waals surface area contributed by atoms with E-state index in [1.807, 2.05) is 12.1 Å². The Morgan fingerprint density at radius 3 is 2.00 bits per heavy atom. The molecule has 0 radical (unpaired) electrons. The predicted molar refractivity (Wildman–Crippen MR) is 70.8 cm³/mol. The van der Waals surface area contributed by atoms with Crippen LogP contribution in [0.15, 0.2) is 42.5 Å². The molecule has 0 N–H and O–H groups in total. The minimum absolute atomic E-state index is 0.443. The molecule has 20 heavy (non-hydrogen) atoms. The summed E-state index contributed by atoms with van der Waals surface area (Å²) < 4.78 is 51.0. The van der Waals surface area contributed by atoms with Crippen LogP contribution in [0.25, 0.3) is 11.1 Å². The van der Waals surface area contributed by atoms with Crippen LogP contribution in [0.3, 0.4) is 0 Å². The van der Waals surface area contributed by atoms with E-state index in [4.69, 9.17) is 0 Å². The lowest BCUT2D eigenvalue weighted by Crippen LogP contribution is -2.07. The summed E-state index contributed by atoms with van der Waals surface area (Å²) in [5, 5.41) is 0. The van der Waals surface area contributed by atoms with Crippen LogP contribution in [-0.4, -0.2) is 0 Å². The smallest absolute Gasteiger partial charge is 0.206 e. The Morgan fingerprint density at radius 2 is 1.50 bits per heavy atom. The first-order chi connectivity index (χ1) is 9.41. The second kappa shape index (κ2) is 5.65. The fourth-order valence-electron chi connectivity index (χ4n) is 2.08. The maximum absolute atomic E-state index is 13.5. The van der Waals surface area contributed by atoms with E-state index in [0.717, 1.165) is 30.5 Å². The van der Waals surface area contributed by atoms with Gasteiger partial charge in [0.25, 0.3) is 0 Å². The molecule has 0 heterocycles. The third-order valence-electron chi connectivity index (χ3n) is 3.10. The first kappa shape index (κ1) is 14.6. The molecule has 0 aliphatic carbocycles. The topological polar surface area (TPSA) is 0 Å². The molecule has 0 atom stereocenters. The lowest BCUT2D eigenvalue weighted by molar-refractivity contribution is -0.139. The fraction of sp³-hybridized carbons (Fsp3) is 0.250. The van der Waals surface area contributed by atoms with Gasteiger partial charge in [0.1, 0.15) is 5.82 Å². The number of aryl methyl sites for hydroxylation is 1. The number of hydrogen-bond donors (Lipinski definition) is 0. The Labute approximate surface area is 115 Å². The number of rotatable bonds is 3. The molecule has 4 heteroatoms. The van der Waals surface area contributed by atoms with E-state index >= 15 is 0 Å². The molecule has 106 valence electrons. The zero-order valence-electron chi connectivity index (χ0n) is 11.0. The van der Waals surface area contributed by atoms with Crippen molar-refractivity contribution in [3.8, 4) is 11.1 Å². The molecule has 2 aromatic rings. The normalized spacial score (nSPS) is 11.7. The van der Waals surface area contributed by atoms with Crippen molar-refractivity contribution in [3.63, 3.8) is 0 Å². The van der Waals surface area contributed by atoms with Crippen molar-refractivity contribution in [1.82, 2.24) is 0 Å². The van der Waals surface area contributed by atoms with Crippen molar-refractivity contribution in [3.05, 3.63) is 59.4 Å². The summed E-state index contributed by atoms with van der Waals surface area (Å²) in [4.78, 5) is 0. The van der Waals surface area contributed by atoms with Gasteiger partial charge in [-0.1, -0.05) is 43.7 Å². The summed E-state index contributed by atoms with van der Waals surface area (Å²) in [5.74, 6) is -1.24. The summed E-state index contributed by atoms with van der Waals surface area (Å²) in [6.45, 7) is 2.07. The van der Waals surface area contributed by atoms with E-state index < -0.39 is 17.6 Å². The van der Waals surface area contributed by atoms with E-state index in [1.54, 1.807) is 12.1 Å². The molecule has 0 saturated heterocycles. The van der Waals surface area contributed by atoms with Gasteiger partial charge in [-0.2, -0.15) is 13.2 Å². The molecule has 0 spiro atoms. The quantitative estimate of drug-likeness (QED) is 0.655. The molecular weight excluding hydrogens is 268 g/mol. The van der Waals surface area contributed by atoms with Gasteiger partial charge in [0.15, 0.2) is 0 Å². The lowest BCUT2D eigenvalue weighted by atomic mass is 10.0. The van der Waals surface area contributed by atoms with Crippen molar-refractivity contribution in [2.24, 2.45) is 0 Å². The summed E-state index contributed by atoms with van der Waals surface area (Å²) in [5.41, 5.74) is 1.07. The molecule has 0 nitrogen and oxygen atoms in total. The number of benzene rings is 2. The average molecular weight is 282 g/mol. The van der Waals surface area contributed by atoms with Crippen molar-refractivity contribution in [2.75, 3.05) is 0 Å². The molecule has 0 aliphatic heterocycles. The average Bonchev–Trinajstić information content (AvgIpc) is 2.38. The highest BCUT2D eigenvalue weighted by Gasteiger charge is 2.33. The number of halogens is 4. The Bertz CT molecular complexity index is 582. The molecular formula is C16H14F4. The highest BCUT2D eigenvalue weighted by molar-refractivity contribution is 5.64. The van der Waals surface area contributed by atoms with Crippen LogP contribution in [0, 0.1) is 5.82 Å². The van der Waals surface area contributed by atoms with Gasteiger partial charge >= 0.3 is 6.18 Å². The first-order valence-corrected chi connectivity index (χ1v) is 6.38. The second-order valence-electron chi connectivity index (χ2n) is 4.64. The van der Waals surface area contributed by atoms with Crippen molar-refractivity contribution in [2.45, 2.75) is 25.9 Å². The van der Waals surface area contributed by atoms with Gasteiger partial charge in [0.2, 0.25) is 0 Å². The van der Waals surface area contributed by atoms with Crippen molar-refractivity contribution >= 4 is 0 Å². The third kappa shape index (κ3) is 3.18. The zero-order valence-corrected chi connectivity index (χ0v) is 11.0. The minimum atomic E-state index is -4.66. The van der Waals surface area contributed by atoms with Crippen LogP contribution < -0.4 is 0 Å². The summed E-state index contributed by atoms with van der Waals surface area (Å²) >= 11 is 0. The second-order valence-corrected chi connectivity index (χ2v) is 4.64. The maximum atomic E-state index is 13.5. The van der Waals surface area contributed by atoms with E-state index in [1.165, 1.54) is 6.07 Å². The van der Waals surface area contributed by atoms with Crippen molar-refractivity contribution < 1.29 is 17.6 Å². The molecule has 0 aliphatic rings. The molecule has 0 unspecified atom stereocenters. The first-order valence-electron chi connectivity index (χ1n) is 6.38. The Kier molecular flexibility index (Phi) is 4.12. The third-order valence-corrected chi connectivity index (χ3v) is 3.10. The van der Waals surface area contributed by atoms with Gasteiger partial charge < -0.3 is 0 Å². The number of hydrogen-bond acceptors (Lipinski definition) is 0. The lowest BCUT2D eigenvalue weighted by Gasteiger charge is -2.10. The summed E-state index contributed by atoms with van der Waals surface area (Å²) in [6, 6.07) is 10.4. The van der Waals surface area contributed by atoms with Crippen LogP contribution in [0.1, 0.15) is 24.5 Å². The van der Waals surface area contributed by atoms with Crippen molar-refractivity contribution in [1.29, 1.82) is 0 Å². The monoisotopic (exact) mass is 282 g/mol. The Morgan fingerprint density at radius 1 is 0.900 bits per heavy atom. The van der Waals surface area contributed by atoms with E-state index in [2.05, 4.69) is 6.92 Å². The van der Waals surface area contributed by atoms with E-state index in [-0.39, 0.29) is 0 Å². The summed E-state index contributed by atoms with van der Waals surface area (Å²) in [6.07, 6.45) is -2.69. The zero-order chi connectivity index (χ0) is 14.8. The minimum Gasteiger partial charge on any atom is -0.206 e. The Hall–Kier alpha value is -1.84. The van der Waals surface area contributed by atoms with Crippen LogP contribution in [0.5, 0.6) is 0 Å². The number of alkyl halides is 3. The summed E-state index contributed by atoms with van der Waals surface area (Å²) in [7, 11) is 0. The molecule has 0 aromatic heterocycles. The molecule has 2 rings (SSSR count). The van der Waals surface area contributed by atoms with Crippen LogP contribution in [0.4, 0.5) is 17.6 Å². The molecule has 0 saturated carbocycles. The van der Waals surface area contributed by atoms with Gasteiger partial charge in [-0.05, 0) is 35.2 Å². The Balaban J connectivity index is 2.32. The highest BCUT2D eigenvalue weighted by Crippen LogP contribution is 2.33. The van der Waals surface area contributed by atoms with Crippen LogP contribution in [0.2, 0.25) is 0 Å². The fourth-order valence-corrected chi connectivity index (χ4v) is 2.08. The SMILES string of the molecule is CCCc1ccc(-c2ccc(C(F)(F)F)c(F)c2)cc1. The van der Waals surface area contributed by atoms with Crippen LogP contribution in [-0.2, 0) is 12.6 Å². The molecule has 0 fully saturated rings. The molecule has 0 amide bonds. The standard InChI is InChI=1S/C16H14F4/c1-2-3-11-4-6-12(7-5-11)13-8-9-14(15(17)10-13)16(18,19)20/h4-10H,2-3H2,1H3. The van der Waals surface area contributed by atoms with Crippen LogP contribution >= 0.6 is 0 Å². The predicted octanol–water partition coefficient (Wildman–Crippen LogP) is 5.46. The van der Waals surface area contributed by atoms with Gasteiger partial charge in [-0.15, -0.1) is 0 Å². The highest BCUT2D eigenvalue weighted by atomic mass is 19.4. The maximum Gasteiger partial charge on any atom is 0.419 e. The molecule has 0 bridgehead atoms. The molecule has 2 aromatic carbocycles. The van der Waals surface area contributed by atoms with E-state index in [9.17, 15) is 17.6 Å². The van der Waals surface area contributed by atoms with Gasteiger partial charge in [0.05, 0.1) is 5.56 Å².